The lowest BCUT2D eigenvalue weighted by Gasteiger charge is -2.36. The van der Waals surface area contributed by atoms with Crippen LogP contribution in [0.2, 0.25) is 0 Å². The van der Waals surface area contributed by atoms with Crippen molar-refractivity contribution in [2.75, 3.05) is 39.8 Å². The molecule has 1 aromatic carbocycles. The number of benzene rings is 1. The van der Waals surface area contributed by atoms with Gasteiger partial charge in [-0.1, -0.05) is 42.5 Å². The maximum atomic E-state index is 4.43. The molecule has 1 saturated heterocycles. The van der Waals surface area contributed by atoms with Crippen LogP contribution in [0.3, 0.4) is 0 Å². The Balaban J connectivity index is 0.00000261. The molecule has 6 nitrogen and oxygen atoms in total. The minimum atomic E-state index is 0. The van der Waals surface area contributed by atoms with Crippen LogP contribution in [-0.4, -0.2) is 65.3 Å². The molecule has 0 saturated carbocycles. The number of aryl methyl sites for hydroxylation is 1. The number of hydrogen-bond donors (Lipinski definition) is 1. The van der Waals surface area contributed by atoms with Gasteiger partial charge in [-0.15, -0.1) is 24.0 Å². The molecule has 0 bridgehead atoms. The minimum Gasteiger partial charge on any atom is -0.352 e. The van der Waals surface area contributed by atoms with Gasteiger partial charge in [-0.2, -0.15) is 5.10 Å². The third kappa shape index (κ3) is 6.66. The topological polar surface area (TPSA) is 48.7 Å². The minimum absolute atomic E-state index is 0. The molecule has 7 heteroatoms. The summed E-state index contributed by atoms with van der Waals surface area (Å²) in [5, 5.41) is 7.64. The molecular weight excluding hydrogens is 451 g/mol. The van der Waals surface area contributed by atoms with Crippen LogP contribution >= 0.6 is 24.0 Å². The number of piperazine rings is 1. The molecule has 2 heterocycles. The Morgan fingerprint density at radius 1 is 1.19 bits per heavy atom. The second-order valence-electron chi connectivity index (χ2n) is 6.52. The summed E-state index contributed by atoms with van der Waals surface area (Å²) in [7, 11) is 3.78. The van der Waals surface area contributed by atoms with Crippen molar-refractivity contribution in [1.82, 2.24) is 24.9 Å². The van der Waals surface area contributed by atoms with Crippen molar-refractivity contribution >= 4 is 36.0 Å². The van der Waals surface area contributed by atoms with Crippen LogP contribution in [-0.2, 0) is 13.6 Å². The number of rotatable bonds is 5. The third-order valence-corrected chi connectivity index (χ3v) is 4.57. The maximum Gasteiger partial charge on any atom is 0.194 e. The van der Waals surface area contributed by atoms with Gasteiger partial charge in [-0.25, -0.2) is 0 Å². The third-order valence-electron chi connectivity index (χ3n) is 4.57. The molecule has 1 aliphatic rings. The number of aromatic nitrogens is 2. The SMILES string of the molecule is CN=C(NCc1cnn(C)c1)N1CCN(CC=Cc2ccccc2)CC1.I. The van der Waals surface area contributed by atoms with Gasteiger partial charge < -0.3 is 10.2 Å². The molecule has 1 N–H and O–H groups in total. The fourth-order valence-corrected chi connectivity index (χ4v) is 3.12. The van der Waals surface area contributed by atoms with Crippen LogP contribution in [0.4, 0.5) is 0 Å². The van der Waals surface area contributed by atoms with E-state index in [1.165, 1.54) is 11.1 Å². The van der Waals surface area contributed by atoms with Crippen molar-refractivity contribution in [3.05, 3.63) is 59.9 Å². The lowest BCUT2D eigenvalue weighted by Crippen LogP contribution is -2.52. The standard InChI is InChI=1S/C20H28N6.HI/c1-21-20(22-15-19-16-23-24(2)17-19)26-13-11-25(12-14-26)10-6-9-18-7-4-3-5-8-18;/h3-9,16-17H,10-15H2,1-2H3,(H,21,22);1H. The summed E-state index contributed by atoms with van der Waals surface area (Å²) in [6.45, 7) is 5.82. The molecule has 0 aliphatic carbocycles. The number of halogens is 1. The van der Waals surface area contributed by atoms with Gasteiger partial charge >= 0.3 is 0 Å². The molecule has 0 spiro atoms. The Morgan fingerprint density at radius 3 is 2.56 bits per heavy atom. The van der Waals surface area contributed by atoms with Crippen LogP contribution in [0.15, 0.2) is 53.8 Å². The van der Waals surface area contributed by atoms with E-state index in [1.807, 2.05) is 37.2 Å². The van der Waals surface area contributed by atoms with E-state index in [1.54, 1.807) is 0 Å². The lowest BCUT2D eigenvalue weighted by molar-refractivity contribution is 0.194. The molecular formula is C20H29IN6. The van der Waals surface area contributed by atoms with Crippen molar-refractivity contribution in [2.45, 2.75) is 6.54 Å². The number of aliphatic imine (C=N–C) groups is 1. The zero-order valence-electron chi connectivity index (χ0n) is 16.1. The summed E-state index contributed by atoms with van der Waals surface area (Å²) in [6.07, 6.45) is 8.36. The number of guanidine groups is 1. The monoisotopic (exact) mass is 480 g/mol. The second kappa shape index (κ2) is 11.1. The van der Waals surface area contributed by atoms with Crippen molar-refractivity contribution in [3.63, 3.8) is 0 Å². The van der Waals surface area contributed by atoms with E-state index in [0.29, 0.717) is 0 Å². The fraction of sp³-hybridized carbons (Fsp3) is 0.400. The predicted molar refractivity (Wildman–Crippen MR) is 122 cm³/mol. The highest BCUT2D eigenvalue weighted by Gasteiger charge is 2.18. The molecule has 1 aliphatic heterocycles. The molecule has 0 atom stereocenters. The van der Waals surface area contributed by atoms with Crippen LogP contribution < -0.4 is 5.32 Å². The molecule has 3 rings (SSSR count). The summed E-state index contributed by atoms with van der Waals surface area (Å²) in [5.74, 6) is 0.966. The highest BCUT2D eigenvalue weighted by molar-refractivity contribution is 14.0. The van der Waals surface area contributed by atoms with Gasteiger partial charge in [-0.3, -0.25) is 14.6 Å². The zero-order valence-corrected chi connectivity index (χ0v) is 18.4. The van der Waals surface area contributed by atoms with Gasteiger partial charge in [0.1, 0.15) is 0 Å². The Bertz CT molecular complexity index is 732. The molecule has 146 valence electrons. The van der Waals surface area contributed by atoms with Crippen molar-refractivity contribution in [3.8, 4) is 0 Å². The molecule has 0 radical (unpaired) electrons. The van der Waals surface area contributed by atoms with E-state index in [-0.39, 0.29) is 24.0 Å². The smallest absolute Gasteiger partial charge is 0.194 e. The molecule has 1 aromatic heterocycles. The van der Waals surface area contributed by atoms with Crippen molar-refractivity contribution in [1.29, 1.82) is 0 Å². The van der Waals surface area contributed by atoms with E-state index >= 15 is 0 Å². The zero-order chi connectivity index (χ0) is 18.2. The Labute approximate surface area is 179 Å². The molecule has 1 fully saturated rings. The number of nitrogens with zero attached hydrogens (tertiary/aromatic N) is 5. The van der Waals surface area contributed by atoms with E-state index in [9.17, 15) is 0 Å². The second-order valence-corrected chi connectivity index (χ2v) is 6.52. The van der Waals surface area contributed by atoms with E-state index in [2.05, 4.69) is 61.6 Å². The molecule has 0 amide bonds. The maximum absolute atomic E-state index is 4.43. The first-order valence-electron chi connectivity index (χ1n) is 9.11. The Morgan fingerprint density at radius 2 is 1.93 bits per heavy atom. The highest BCUT2D eigenvalue weighted by Crippen LogP contribution is 2.05. The summed E-state index contributed by atoms with van der Waals surface area (Å²) in [6, 6.07) is 10.5. The Hall–Kier alpha value is -1.87. The van der Waals surface area contributed by atoms with Gasteiger partial charge in [0.2, 0.25) is 0 Å². The first-order chi connectivity index (χ1) is 12.7. The van der Waals surface area contributed by atoms with E-state index < -0.39 is 0 Å². The van der Waals surface area contributed by atoms with Gasteiger partial charge in [0, 0.05) is 65.1 Å². The van der Waals surface area contributed by atoms with Crippen LogP contribution in [0.1, 0.15) is 11.1 Å². The van der Waals surface area contributed by atoms with Crippen LogP contribution in [0.5, 0.6) is 0 Å². The van der Waals surface area contributed by atoms with Gasteiger partial charge in [-0.05, 0) is 5.56 Å². The highest BCUT2D eigenvalue weighted by atomic mass is 127. The van der Waals surface area contributed by atoms with E-state index in [4.69, 9.17) is 0 Å². The van der Waals surface area contributed by atoms with Gasteiger partial charge in [0.15, 0.2) is 5.96 Å². The lowest BCUT2D eigenvalue weighted by atomic mass is 10.2. The summed E-state index contributed by atoms with van der Waals surface area (Å²) in [5.41, 5.74) is 2.42. The first-order valence-corrected chi connectivity index (χ1v) is 9.11. The van der Waals surface area contributed by atoms with Crippen molar-refractivity contribution < 1.29 is 0 Å². The summed E-state index contributed by atoms with van der Waals surface area (Å²) < 4.78 is 1.82. The average molecular weight is 480 g/mol. The number of nitrogens with one attached hydrogen (secondary N) is 1. The summed E-state index contributed by atoms with van der Waals surface area (Å²) >= 11 is 0. The van der Waals surface area contributed by atoms with Crippen LogP contribution in [0.25, 0.3) is 6.08 Å². The van der Waals surface area contributed by atoms with E-state index in [0.717, 1.165) is 45.2 Å². The summed E-state index contributed by atoms with van der Waals surface area (Å²) in [4.78, 5) is 9.24. The predicted octanol–water partition coefficient (Wildman–Crippen LogP) is 2.44. The molecule has 0 unspecified atom stereocenters. The first kappa shape index (κ1) is 21.4. The van der Waals surface area contributed by atoms with Gasteiger partial charge in [0.25, 0.3) is 0 Å². The average Bonchev–Trinajstić information content (AvgIpc) is 3.09. The Kier molecular flexibility index (Phi) is 8.80. The van der Waals surface area contributed by atoms with Crippen molar-refractivity contribution in [2.24, 2.45) is 12.0 Å². The largest absolute Gasteiger partial charge is 0.352 e. The quantitative estimate of drug-likeness (QED) is 0.406. The fourth-order valence-electron chi connectivity index (χ4n) is 3.12. The molecule has 2 aromatic rings. The van der Waals surface area contributed by atoms with Gasteiger partial charge in [0.05, 0.1) is 6.20 Å². The molecule has 27 heavy (non-hydrogen) atoms. The van der Waals surface area contributed by atoms with Crippen LogP contribution in [0, 0.1) is 0 Å². The normalized spacial score (nSPS) is 15.8. The number of hydrogen-bond acceptors (Lipinski definition) is 3.